The van der Waals surface area contributed by atoms with E-state index in [9.17, 15) is 92.2 Å². The zero-order valence-corrected chi connectivity index (χ0v) is 26.6. The lowest BCUT2D eigenvalue weighted by Gasteiger charge is -2.43. The summed E-state index contributed by atoms with van der Waals surface area (Å²) >= 11 is 0. The van der Waals surface area contributed by atoms with Crippen LogP contribution in [0.25, 0.3) is 0 Å². The first kappa shape index (κ1) is 45.0. The van der Waals surface area contributed by atoms with Gasteiger partial charge in [-0.3, -0.25) is 0 Å². The normalized spacial score (nSPS) is 23.8. The fraction of sp³-hybridized carbons (Fsp3) is 0.800. The van der Waals surface area contributed by atoms with Gasteiger partial charge >= 0.3 is 53.6 Å². The summed E-state index contributed by atoms with van der Waals surface area (Å²) in [6, 6.07) is 0. The van der Waals surface area contributed by atoms with Crippen molar-refractivity contribution in [3.8, 4) is 0 Å². The average molecular weight is 824 g/mol. The molecule has 0 heterocycles. The maximum atomic E-state index is 15.0. The molecule has 53 heavy (non-hydrogen) atoms. The standard InChI is InChI=1S/C30H27F23/c1-2-3-12-4-6-13(7-5-12)14-8-10-15(11-9-14)16-18(31)20(33)17(21(34)19(16)32)22(35,36)23(37,38)24(39,40)25(41,42)26(43,44)27(45,46)28(47,48)29(49,50)30(51,52)53/h12-15H,2-11H2,1H3/t12-,13-,14-,15-. The van der Waals surface area contributed by atoms with Crippen molar-refractivity contribution >= 4 is 0 Å². The van der Waals surface area contributed by atoms with Crippen molar-refractivity contribution in [2.75, 3.05) is 0 Å². The fourth-order valence-corrected chi connectivity index (χ4v) is 7.04. The summed E-state index contributed by atoms with van der Waals surface area (Å²) in [5.74, 6) is -85.3. The monoisotopic (exact) mass is 824 g/mol. The highest BCUT2D eigenvalue weighted by molar-refractivity contribution is 5.37. The minimum atomic E-state index is -9.27. The molecule has 23 heteroatoms. The summed E-state index contributed by atoms with van der Waals surface area (Å²) < 4.78 is 320. The molecule has 0 atom stereocenters. The Morgan fingerprint density at radius 1 is 0.415 bits per heavy atom. The van der Waals surface area contributed by atoms with Crippen LogP contribution in [-0.4, -0.2) is 47.6 Å². The van der Waals surface area contributed by atoms with Crippen LogP contribution in [0, 0.1) is 41.0 Å². The highest BCUT2D eigenvalue weighted by Crippen LogP contribution is 2.66. The largest absolute Gasteiger partial charge is 0.460 e. The zero-order valence-electron chi connectivity index (χ0n) is 26.6. The van der Waals surface area contributed by atoms with Gasteiger partial charge in [-0.1, -0.05) is 32.6 Å². The van der Waals surface area contributed by atoms with Crippen LogP contribution in [0.1, 0.15) is 88.2 Å². The predicted octanol–water partition coefficient (Wildman–Crippen LogP) is 13.2. The quantitative estimate of drug-likeness (QED) is 0.146. The van der Waals surface area contributed by atoms with Gasteiger partial charge in [-0.2, -0.15) is 83.4 Å². The molecule has 308 valence electrons. The maximum Gasteiger partial charge on any atom is 0.460 e. The molecule has 0 unspecified atom stereocenters. The van der Waals surface area contributed by atoms with Crippen LogP contribution in [0.15, 0.2) is 0 Å². The SMILES string of the molecule is CCC[C@H]1CC[C@H]([C@H]2CC[C@H](c3c(F)c(F)c(C(F)(F)C(F)(F)C(F)(F)C(F)(F)C(F)(F)C(F)(F)C(F)(F)C(F)(F)C(F)(F)F)c(F)c3F)CC2)CC1. The van der Waals surface area contributed by atoms with E-state index in [1.165, 1.54) is 0 Å². The summed E-state index contributed by atoms with van der Waals surface area (Å²) in [6.45, 7) is 1.99. The Balaban J connectivity index is 2.01. The smallest absolute Gasteiger partial charge is 0.203 e. The van der Waals surface area contributed by atoms with Crippen LogP contribution < -0.4 is 0 Å². The topological polar surface area (TPSA) is 0 Å². The molecule has 1 aromatic rings. The van der Waals surface area contributed by atoms with Crippen molar-refractivity contribution in [3.05, 3.63) is 34.4 Å². The Morgan fingerprint density at radius 2 is 0.736 bits per heavy atom. The van der Waals surface area contributed by atoms with Crippen molar-refractivity contribution in [1.29, 1.82) is 0 Å². The molecule has 2 aliphatic carbocycles. The summed E-state index contributed by atoms with van der Waals surface area (Å²) in [4.78, 5) is 0. The lowest BCUT2D eigenvalue weighted by molar-refractivity contribution is -0.469. The molecular weight excluding hydrogens is 797 g/mol. The Hall–Kier alpha value is -2.39. The lowest BCUT2D eigenvalue weighted by atomic mass is 9.68. The number of hydrogen-bond acceptors (Lipinski definition) is 0. The first-order valence-corrected chi connectivity index (χ1v) is 15.6. The van der Waals surface area contributed by atoms with E-state index >= 15 is 8.78 Å². The van der Waals surface area contributed by atoms with Crippen molar-refractivity contribution < 1.29 is 101 Å². The molecule has 0 radical (unpaired) electrons. The van der Waals surface area contributed by atoms with Gasteiger partial charge in [0.25, 0.3) is 0 Å². The third-order valence-electron chi connectivity index (χ3n) is 10.2. The molecule has 0 nitrogen and oxygen atoms in total. The molecule has 0 aromatic heterocycles. The van der Waals surface area contributed by atoms with Gasteiger partial charge in [-0.25, -0.2) is 17.6 Å². The lowest BCUT2D eigenvalue weighted by Crippen LogP contribution is -2.75. The molecule has 0 saturated heterocycles. The summed E-state index contributed by atoms with van der Waals surface area (Å²) in [7, 11) is 0. The highest BCUT2D eigenvalue weighted by Gasteiger charge is 2.97. The van der Waals surface area contributed by atoms with E-state index in [0.717, 1.165) is 38.5 Å². The van der Waals surface area contributed by atoms with E-state index in [0.29, 0.717) is 5.92 Å². The second kappa shape index (κ2) is 14.0. The van der Waals surface area contributed by atoms with Crippen LogP contribution in [0.5, 0.6) is 0 Å². The summed E-state index contributed by atoms with van der Waals surface area (Å²) in [5, 5.41) is 0. The first-order valence-electron chi connectivity index (χ1n) is 15.6. The maximum absolute atomic E-state index is 15.0. The molecule has 2 fully saturated rings. The number of hydrogen-bond donors (Lipinski definition) is 0. The van der Waals surface area contributed by atoms with Crippen LogP contribution in [0.4, 0.5) is 101 Å². The fourth-order valence-electron chi connectivity index (χ4n) is 7.04. The van der Waals surface area contributed by atoms with Crippen LogP contribution >= 0.6 is 0 Å². The van der Waals surface area contributed by atoms with Gasteiger partial charge in [0.15, 0.2) is 23.3 Å². The molecule has 0 bridgehead atoms. The molecular formula is C30H27F23. The second-order valence-corrected chi connectivity index (χ2v) is 13.3. The predicted molar refractivity (Wildman–Crippen MR) is 136 cm³/mol. The third-order valence-corrected chi connectivity index (χ3v) is 10.2. The number of benzene rings is 1. The summed E-state index contributed by atoms with van der Waals surface area (Å²) in [5.41, 5.74) is -5.96. The minimum Gasteiger partial charge on any atom is -0.203 e. The van der Waals surface area contributed by atoms with E-state index < -0.39 is 93.9 Å². The minimum absolute atomic E-state index is 0.0917. The van der Waals surface area contributed by atoms with Gasteiger partial charge in [-0.15, -0.1) is 0 Å². The summed E-state index contributed by atoms with van der Waals surface area (Å²) in [6.07, 6.45) is -3.27. The number of halogens is 23. The van der Waals surface area contributed by atoms with E-state index in [-0.39, 0.29) is 37.5 Å². The van der Waals surface area contributed by atoms with Crippen molar-refractivity contribution in [2.24, 2.45) is 17.8 Å². The highest BCUT2D eigenvalue weighted by atomic mass is 19.4. The van der Waals surface area contributed by atoms with Gasteiger partial charge < -0.3 is 0 Å². The van der Waals surface area contributed by atoms with E-state index in [2.05, 4.69) is 0 Å². The van der Waals surface area contributed by atoms with E-state index in [1.54, 1.807) is 0 Å². The molecule has 2 aliphatic rings. The second-order valence-electron chi connectivity index (χ2n) is 13.3. The Labute approximate surface area is 284 Å². The van der Waals surface area contributed by atoms with Gasteiger partial charge in [-0.05, 0) is 62.2 Å². The van der Waals surface area contributed by atoms with E-state index in [4.69, 9.17) is 0 Å². The molecule has 0 amide bonds. The Bertz CT molecular complexity index is 1430. The molecule has 2 saturated carbocycles. The van der Waals surface area contributed by atoms with Crippen molar-refractivity contribution in [3.63, 3.8) is 0 Å². The van der Waals surface area contributed by atoms with Crippen molar-refractivity contribution in [2.45, 2.75) is 131 Å². The van der Waals surface area contributed by atoms with Crippen molar-refractivity contribution in [1.82, 2.24) is 0 Å². The van der Waals surface area contributed by atoms with Gasteiger partial charge in [0, 0.05) is 5.56 Å². The molecule has 3 rings (SSSR count). The van der Waals surface area contributed by atoms with E-state index in [1.807, 2.05) is 6.92 Å². The first-order chi connectivity index (χ1) is 23.6. The Morgan fingerprint density at radius 3 is 1.08 bits per heavy atom. The molecule has 1 aromatic carbocycles. The molecule has 0 N–H and O–H groups in total. The van der Waals surface area contributed by atoms with Gasteiger partial charge in [0.1, 0.15) is 5.56 Å². The Kier molecular flexibility index (Phi) is 11.9. The number of rotatable bonds is 12. The average Bonchev–Trinajstić information content (AvgIpc) is 3.03. The number of alkyl halides is 19. The third kappa shape index (κ3) is 6.59. The van der Waals surface area contributed by atoms with Gasteiger partial charge in [0.2, 0.25) is 0 Å². The zero-order chi connectivity index (χ0) is 41.3. The van der Waals surface area contributed by atoms with Crippen LogP contribution in [0.3, 0.4) is 0 Å². The van der Waals surface area contributed by atoms with Gasteiger partial charge in [0.05, 0.1) is 0 Å². The van der Waals surface area contributed by atoms with Crippen LogP contribution in [0.2, 0.25) is 0 Å². The van der Waals surface area contributed by atoms with Crippen LogP contribution in [-0.2, 0) is 5.92 Å². The molecule has 0 aliphatic heterocycles. The molecule has 0 spiro atoms.